The second kappa shape index (κ2) is 12.8. The highest BCUT2D eigenvalue weighted by Crippen LogP contribution is 2.31. The second-order valence-corrected chi connectivity index (χ2v) is 13.0. The Kier molecular flexibility index (Phi) is 9.14. The Morgan fingerprint density at radius 3 is 1.84 bits per heavy atom. The van der Waals surface area contributed by atoms with Crippen molar-refractivity contribution in [1.29, 1.82) is 0 Å². The number of aromatic hydroxyl groups is 2. The van der Waals surface area contributed by atoms with Crippen molar-refractivity contribution in [1.82, 2.24) is 14.3 Å². The summed E-state index contributed by atoms with van der Waals surface area (Å²) in [7, 11) is -4.47. The van der Waals surface area contributed by atoms with Crippen LogP contribution in [-0.2, 0) is 29.5 Å². The summed E-state index contributed by atoms with van der Waals surface area (Å²) in [5.41, 5.74) is 2.05. The molecule has 9 nitrogen and oxygen atoms in total. The highest BCUT2D eigenvalue weighted by atomic mass is 35.5. The van der Waals surface area contributed by atoms with E-state index in [4.69, 9.17) is 23.2 Å². The Bertz CT molecular complexity index is 1670. The number of phenols is 2. The van der Waals surface area contributed by atoms with Crippen LogP contribution in [0.4, 0.5) is 4.79 Å². The third kappa shape index (κ3) is 7.06. The van der Waals surface area contributed by atoms with E-state index in [1.165, 1.54) is 47.4 Å². The number of halogens is 2. The molecule has 1 saturated heterocycles. The number of rotatable bonds is 8. The maximum absolute atomic E-state index is 14.5. The van der Waals surface area contributed by atoms with Crippen molar-refractivity contribution in [2.75, 3.05) is 6.54 Å². The zero-order valence-electron chi connectivity index (χ0n) is 22.8. The summed E-state index contributed by atoms with van der Waals surface area (Å²) < 4.78 is 29.2. The van der Waals surface area contributed by atoms with Gasteiger partial charge < -0.3 is 20.2 Å². The molecule has 4 aromatic carbocycles. The van der Waals surface area contributed by atoms with Crippen LogP contribution in [0.1, 0.15) is 16.7 Å². The van der Waals surface area contributed by atoms with Crippen LogP contribution in [0.2, 0.25) is 10.0 Å². The molecule has 0 aliphatic carbocycles. The molecule has 0 radical (unpaired) electrons. The Labute approximate surface area is 259 Å². The zero-order valence-corrected chi connectivity index (χ0v) is 25.1. The number of sulfonamides is 1. The lowest BCUT2D eigenvalue weighted by atomic mass is 9.99. The van der Waals surface area contributed by atoms with E-state index in [-0.39, 0.29) is 46.0 Å². The molecule has 0 saturated carbocycles. The van der Waals surface area contributed by atoms with E-state index in [0.717, 1.165) is 15.0 Å². The number of phenolic OH excluding ortho intramolecular Hbond substituents is 2. The van der Waals surface area contributed by atoms with E-state index >= 15 is 0 Å². The minimum atomic E-state index is -4.47. The molecule has 224 valence electrons. The molecule has 1 fully saturated rings. The lowest BCUT2D eigenvalue weighted by Gasteiger charge is -2.36. The highest BCUT2D eigenvalue weighted by molar-refractivity contribution is 7.89. The summed E-state index contributed by atoms with van der Waals surface area (Å²) in [6.45, 7) is -0.611. The van der Waals surface area contributed by atoms with Gasteiger partial charge in [-0.1, -0.05) is 77.8 Å². The van der Waals surface area contributed by atoms with Gasteiger partial charge in [0, 0.05) is 16.6 Å². The molecule has 2 amide bonds. The average molecular weight is 643 g/mol. The molecule has 2 atom stereocenters. The Morgan fingerprint density at radius 1 is 0.744 bits per heavy atom. The SMILES string of the molecule is O=C1N(Cc2ccc(O)cc2)[C@H](Cc2ccccc2)[C@H](O)CN(S(=O)(=O)c2cc(Cl)cc(Cl)c2)N1Cc1ccc(O)cc1. The summed E-state index contributed by atoms with van der Waals surface area (Å²) in [6.07, 6.45) is -1.06. The van der Waals surface area contributed by atoms with Gasteiger partial charge in [-0.3, -0.25) is 0 Å². The number of β-amino-alcohol motifs (C(OH)–C–C–N with tert-alkyl or cyclic N) is 1. The number of hydrazine groups is 1. The fourth-order valence-corrected chi connectivity index (χ4v) is 7.19. The van der Waals surface area contributed by atoms with Gasteiger partial charge in [0.25, 0.3) is 10.0 Å². The Morgan fingerprint density at radius 2 is 1.28 bits per heavy atom. The van der Waals surface area contributed by atoms with E-state index in [1.54, 1.807) is 24.3 Å². The van der Waals surface area contributed by atoms with E-state index in [0.29, 0.717) is 11.1 Å². The predicted octanol–water partition coefficient (Wildman–Crippen LogP) is 5.42. The first kappa shape index (κ1) is 30.7. The highest BCUT2D eigenvalue weighted by Gasteiger charge is 2.45. The first-order valence-corrected chi connectivity index (χ1v) is 15.6. The summed E-state index contributed by atoms with van der Waals surface area (Å²) in [4.78, 5) is 15.7. The molecule has 12 heteroatoms. The number of amides is 2. The molecule has 43 heavy (non-hydrogen) atoms. The molecule has 0 unspecified atom stereocenters. The van der Waals surface area contributed by atoms with Gasteiger partial charge in [-0.2, -0.15) is 0 Å². The van der Waals surface area contributed by atoms with Gasteiger partial charge >= 0.3 is 6.03 Å². The number of aliphatic hydroxyl groups excluding tert-OH is 1. The van der Waals surface area contributed by atoms with Crippen molar-refractivity contribution in [3.05, 3.63) is 124 Å². The van der Waals surface area contributed by atoms with Crippen LogP contribution in [-0.4, -0.2) is 62.8 Å². The quantitative estimate of drug-likeness (QED) is 0.236. The summed E-state index contributed by atoms with van der Waals surface area (Å²) in [5.74, 6) is 0.0644. The van der Waals surface area contributed by atoms with Crippen molar-refractivity contribution in [3.63, 3.8) is 0 Å². The minimum Gasteiger partial charge on any atom is -0.508 e. The van der Waals surface area contributed by atoms with Gasteiger partial charge in [0.2, 0.25) is 0 Å². The maximum Gasteiger partial charge on any atom is 0.336 e. The van der Waals surface area contributed by atoms with E-state index in [1.807, 2.05) is 30.3 Å². The number of carbonyl (C=O) groups is 1. The molecule has 0 bridgehead atoms. The number of hydrogen-bond acceptors (Lipinski definition) is 6. The smallest absolute Gasteiger partial charge is 0.336 e. The first-order valence-electron chi connectivity index (χ1n) is 13.4. The molecule has 3 N–H and O–H groups in total. The van der Waals surface area contributed by atoms with Crippen LogP contribution >= 0.6 is 23.2 Å². The predicted molar refractivity (Wildman–Crippen MR) is 163 cm³/mol. The van der Waals surface area contributed by atoms with Gasteiger partial charge in [-0.05, 0) is 65.6 Å². The van der Waals surface area contributed by atoms with Crippen molar-refractivity contribution in [2.45, 2.75) is 36.6 Å². The third-order valence-corrected chi connectivity index (χ3v) is 9.35. The van der Waals surface area contributed by atoms with Crippen LogP contribution in [0.15, 0.2) is 102 Å². The third-order valence-electron chi connectivity index (χ3n) is 7.18. The van der Waals surface area contributed by atoms with Crippen molar-refractivity contribution in [2.24, 2.45) is 0 Å². The topological polar surface area (TPSA) is 122 Å². The van der Waals surface area contributed by atoms with Crippen LogP contribution in [0.5, 0.6) is 11.5 Å². The molecular formula is C31H29Cl2N3O6S. The van der Waals surface area contributed by atoms with Gasteiger partial charge in [0.15, 0.2) is 0 Å². The van der Waals surface area contributed by atoms with Gasteiger partial charge in [-0.25, -0.2) is 18.2 Å². The zero-order chi connectivity index (χ0) is 30.7. The summed E-state index contributed by atoms with van der Waals surface area (Å²) >= 11 is 12.3. The molecular weight excluding hydrogens is 613 g/mol. The normalized spacial score (nSPS) is 18.1. The Hall–Kier alpha value is -3.80. The number of hydrogen-bond donors (Lipinski definition) is 3. The molecule has 5 rings (SSSR count). The van der Waals surface area contributed by atoms with E-state index < -0.39 is 34.7 Å². The van der Waals surface area contributed by atoms with Crippen molar-refractivity contribution < 1.29 is 28.5 Å². The number of aliphatic hydroxyl groups is 1. The van der Waals surface area contributed by atoms with Gasteiger partial charge in [-0.15, -0.1) is 4.41 Å². The monoisotopic (exact) mass is 641 g/mol. The van der Waals surface area contributed by atoms with Crippen LogP contribution < -0.4 is 0 Å². The first-order chi connectivity index (χ1) is 20.5. The number of benzene rings is 4. The van der Waals surface area contributed by atoms with E-state index in [2.05, 4.69) is 0 Å². The molecule has 1 heterocycles. The fourth-order valence-electron chi connectivity index (χ4n) is 5.01. The van der Waals surface area contributed by atoms with E-state index in [9.17, 15) is 28.5 Å². The summed E-state index contributed by atoms with van der Waals surface area (Å²) in [5, 5.41) is 32.5. The van der Waals surface area contributed by atoms with Crippen LogP contribution in [0, 0.1) is 0 Å². The number of carbonyl (C=O) groups excluding carboxylic acids is 1. The lowest BCUT2D eigenvalue weighted by Crippen LogP contribution is -2.52. The largest absolute Gasteiger partial charge is 0.508 e. The average Bonchev–Trinajstić information content (AvgIpc) is 3.06. The molecule has 1 aliphatic heterocycles. The molecule has 1 aliphatic rings. The van der Waals surface area contributed by atoms with Crippen molar-refractivity contribution >= 4 is 39.3 Å². The molecule has 0 aromatic heterocycles. The van der Waals surface area contributed by atoms with Crippen LogP contribution in [0.25, 0.3) is 0 Å². The fraction of sp³-hybridized carbons (Fsp3) is 0.194. The maximum atomic E-state index is 14.5. The Balaban J connectivity index is 1.63. The van der Waals surface area contributed by atoms with Gasteiger partial charge in [0.05, 0.1) is 30.1 Å². The van der Waals surface area contributed by atoms with Gasteiger partial charge in [0.1, 0.15) is 11.5 Å². The lowest BCUT2D eigenvalue weighted by molar-refractivity contribution is 0.0549. The number of nitrogens with zero attached hydrogens (tertiary/aromatic N) is 3. The second-order valence-electron chi connectivity index (χ2n) is 10.2. The van der Waals surface area contributed by atoms with Crippen molar-refractivity contribution in [3.8, 4) is 11.5 Å². The molecule has 4 aromatic rings. The standard InChI is InChI=1S/C31H29Cl2N3O6S/c32-24-15-25(33)17-28(16-24)43(41,42)36-20-30(39)29(14-21-4-2-1-3-5-21)34(18-22-6-10-26(37)11-7-22)31(40)35(36)19-23-8-12-27(38)13-9-23/h1-13,15-17,29-30,37-39H,14,18-20H2/t29-,30-/m1/s1. The number of urea groups is 1. The minimum absolute atomic E-state index is 0.0105. The van der Waals surface area contributed by atoms with Crippen LogP contribution in [0.3, 0.4) is 0 Å². The summed E-state index contributed by atoms with van der Waals surface area (Å²) in [6, 6.07) is 24.0. The molecule has 0 spiro atoms.